The molecule has 3 aromatic rings. The number of rotatable bonds is 13. The number of pyridine rings is 1. The molecule has 0 atom stereocenters. The van der Waals surface area contributed by atoms with Crippen LogP contribution in [0.4, 0.5) is 4.79 Å². The van der Waals surface area contributed by atoms with Crippen LogP contribution in [0.25, 0.3) is 11.2 Å². The number of aromatic nitrogens is 3. The maximum Gasteiger partial charge on any atom is 0.410 e. The molecule has 0 spiro atoms. The van der Waals surface area contributed by atoms with Crippen LogP contribution in [0.5, 0.6) is 5.75 Å². The number of hydrogen-bond acceptors (Lipinski definition) is 9. The number of carbonyl (C=O) groups excluding carboxylic acids is 2. The van der Waals surface area contributed by atoms with Gasteiger partial charge in [0.1, 0.15) is 35.7 Å². The Bertz CT molecular complexity index is 1460. The molecule has 0 aliphatic carbocycles. The molecule has 1 aliphatic heterocycles. The van der Waals surface area contributed by atoms with Crippen molar-refractivity contribution in [3.8, 4) is 5.75 Å². The number of imidazole rings is 1. The Morgan fingerprint density at radius 3 is 2.44 bits per heavy atom. The summed E-state index contributed by atoms with van der Waals surface area (Å²) in [5, 5.41) is 9.19. The fourth-order valence-electron chi connectivity index (χ4n) is 4.91. The van der Waals surface area contributed by atoms with E-state index < -0.39 is 24.2 Å². The van der Waals surface area contributed by atoms with Crippen molar-refractivity contribution in [3.63, 3.8) is 0 Å². The first-order valence-electron chi connectivity index (χ1n) is 15.2. The number of ether oxygens (including phenoxy) is 3. The molecule has 2 amide bonds. The topological polar surface area (TPSA) is 140 Å². The number of piperidine rings is 1. The molecular formula is C32H44N6O7. The van der Waals surface area contributed by atoms with Crippen molar-refractivity contribution in [1.82, 2.24) is 29.2 Å². The van der Waals surface area contributed by atoms with Crippen molar-refractivity contribution in [2.24, 2.45) is 0 Å². The highest BCUT2D eigenvalue weighted by atomic mass is 16.6. The van der Waals surface area contributed by atoms with Crippen LogP contribution in [0.2, 0.25) is 0 Å². The largest absolute Gasteiger partial charge is 0.492 e. The third-order valence-corrected chi connectivity index (χ3v) is 7.21. The second kappa shape index (κ2) is 15.2. The number of likely N-dealkylation sites (N-methyl/N-ethyl adjacent to an activating group) is 1. The summed E-state index contributed by atoms with van der Waals surface area (Å²) in [7, 11) is 4.01. The molecular weight excluding hydrogens is 580 g/mol. The Morgan fingerprint density at radius 2 is 1.76 bits per heavy atom. The number of aliphatic carboxylic acids is 1. The summed E-state index contributed by atoms with van der Waals surface area (Å²) < 4.78 is 19.2. The first-order chi connectivity index (χ1) is 21.4. The maximum absolute atomic E-state index is 13.4. The lowest BCUT2D eigenvalue weighted by atomic mass is 10.1. The first-order valence-corrected chi connectivity index (χ1v) is 15.2. The summed E-state index contributed by atoms with van der Waals surface area (Å²) in [5.41, 5.74) is 1.93. The number of amides is 2. The molecule has 1 aliphatic rings. The highest BCUT2D eigenvalue weighted by Crippen LogP contribution is 2.22. The highest BCUT2D eigenvalue weighted by molar-refractivity contribution is 5.94. The number of para-hydroxylation sites is 1. The monoisotopic (exact) mass is 624 g/mol. The minimum absolute atomic E-state index is 0.0880. The molecule has 0 unspecified atom stereocenters. The van der Waals surface area contributed by atoms with E-state index in [1.807, 2.05) is 49.0 Å². The molecule has 1 fully saturated rings. The van der Waals surface area contributed by atoms with Gasteiger partial charge < -0.3 is 33.7 Å². The quantitative estimate of drug-likeness (QED) is 0.301. The van der Waals surface area contributed by atoms with Crippen molar-refractivity contribution in [2.75, 3.05) is 60.0 Å². The van der Waals surface area contributed by atoms with Gasteiger partial charge in [0.25, 0.3) is 5.91 Å². The molecule has 13 heteroatoms. The average Bonchev–Trinajstić information content (AvgIpc) is 3.38. The zero-order valence-corrected chi connectivity index (χ0v) is 26.8. The minimum atomic E-state index is -1.13. The van der Waals surface area contributed by atoms with Crippen molar-refractivity contribution in [1.29, 1.82) is 0 Å². The van der Waals surface area contributed by atoms with Crippen molar-refractivity contribution < 1.29 is 33.7 Å². The van der Waals surface area contributed by atoms with Crippen LogP contribution in [-0.2, 0) is 20.8 Å². The number of likely N-dealkylation sites (tertiary alicyclic amines) is 1. The molecule has 2 aromatic heterocycles. The lowest BCUT2D eigenvalue weighted by Gasteiger charge is -2.32. The lowest BCUT2D eigenvalue weighted by Crippen LogP contribution is -2.43. The molecule has 1 saturated heterocycles. The third-order valence-electron chi connectivity index (χ3n) is 7.21. The SMILES string of the molecule is CN(C)CCOc1ccccc1Cn1cnc2ccc(C(=O)N3CCC(OCCN(CC(=O)O)C(=O)OC(C)(C)C)CC3)nc21. The van der Waals surface area contributed by atoms with Crippen LogP contribution in [0.15, 0.2) is 42.7 Å². The van der Waals surface area contributed by atoms with Gasteiger partial charge in [-0.15, -0.1) is 0 Å². The molecule has 13 nitrogen and oxygen atoms in total. The molecule has 1 N–H and O–H groups in total. The fraction of sp³-hybridized carbons (Fsp3) is 0.531. The van der Waals surface area contributed by atoms with E-state index in [2.05, 4.69) is 9.88 Å². The average molecular weight is 625 g/mol. The minimum Gasteiger partial charge on any atom is -0.492 e. The van der Waals surface area contributed by atoms with Crippen molar-refractivity contribution >= 4 is 29.1 Å². The van der Waals surface area contributed by atoms with Crippen molar-refractivity contribution in [3.05, 3.63) is 54.0 Å². The van der Waals surface area contributed by atoms with Crippen LogP contribution in [0, 0.1) is 0 Å². The number of carbonyl (C=O) groups is 3. The van der Waals surface area contributed by atoms with Crippen molar-refractivity contribution in [2.45, 2.75) is 51.9 Å². The molecule has 1 aromatic carbocycles. The number of hydrogen-bond donors (Lipinski definition) is 1. The van der Waals surface area contributed by atoms with Crippen LogP contribution in [0.3, 0.4) is 0 Å². The Hall–Kier alpha value is -4.23. The molecule has 244 valence electrons. The standard InChI is InChI=1S/C32H44N6O7/c1-32(2,3)45-31(42)37(21-28(39)40)17-19-43-24-12-14-36(15-13-24)30(41)26-11-10-25-29(34-26)38(22-33-25)20-23-8-6-7-9-27(23)44-18-16-35(4)5/h6-11,22,24H,12-21H2,1-5H3,(H,39,40). The summed E-state index contributed by atoms with van der Waals surface area (Å²) in [6, 6.07) is 11.4. The van der Waals surface area contributed by atoms with Crippen LogP contribution in [0.1, 0.15) is 49.7 Å². The second-order valence-electron chi connectivity index (χ2n) is 12.3. The normalized spacial score (nSPS) is 14.1. The Balaban J connectivity index is 1.32. The first kappa shape index (κ1) is 33.7. The Labute approximate surface area is 263 Å². The van der Waals surface area contributed by atoms with E-state index >= 15 is 0 Å². The summed E-state index contributed by atoms with van der Waals surface area (Å²) in [6.07, 6.45) is 2.14. The molecule has 4 rings (SSSR count). The highest BCUT2D eigenvalue weighted by Gasteiger charge is 2.27. The van der Waals surface area contributed by atoms with Gasteiger partial charge in [-0.25, -0.2) is 14.8 Å². The van der Waals surface area contributed by atoms with Crippen LogP contribution < -0.4 is 4.74 Å². The zero-order valence-electron chi connectivity index (χ0n) is 26.8. The van der Waals surface area contributed by atoms with Crippen LogP contribution >= 0.6 is 0 Å². The number of nitrogens with zero attached hydrogens (tertiary/aromatic N) is 6. The van der Waals surface area contributed by atoms with E-state index in [1.165, 1.54) is 0 Å². The summed E-state index contributed by atoms with van der Waals surface area (Å²) >= 11 is 0. The van der Waals surface area contributed by atoms with Gasteiger partial charge in [-0.05, 0) is 65.9 Å². The van der Waals surface area contributed by atoms with E-state index in [9.17, 15) is 19.5 Å². The fourth-order valence-corrected chi connectivity index (χ4v) is 4.91. The van der Waals surface area contributed by atoms with E-state index in [1.54, 1.807) is 38.1 Å². The number of benzene rings is 1. The van der Waals surface area contributed by atoms with Gasteiger partial charge in [0.2, 0.25) is 0 Å². The third kappa shape index (κ3) is 9.88. The van der Waals surface area contributed by atoms with Gasteiger partial charge in [0, 0.05) is 31.7 Å². The van der Waals surface area contributed by atoms with Gasteiger partial charge in [0.05, 0.1) is 25.6 Å². The van der Waals surface area contributed by atoms with Gasteiger partial charge in [-0.3, -0.25) is 14.5 Å². The Kier molecular flexibility index (Phi) is 11.3. The van der Waals surface area contributed by atoms with Gasteiger partial charge in [0.15, 0.2) is 5.65 Å². The molecule has 3 heterocycles. The van der Waals surface area contributed by atoms with Gasteiger partial charge in [-0.1, -0.05) is 18.2 Å². The van der Waals surface area contributed by atoms with Gasteiger partial charge in [-0.2, -0.15) is 0 Å². The van der Waals surface area contributed by atoms with E-state index in [4.69, 9.17) is 19.2 Å². The molecule has 0 bridgehead atoms. The molecule has 0 radical (unpaired) electrons. The Morgan fingerprint density at radius 1 is 1.02 bits per heavy atom. The van der Waals surface area contributed by atoms with E-state index in [0.717, 1.165) is 22.8 Å². The van der Waals surface area contributed by atoms with E-state index in [-0.39, 0.29) is 25.2 Å². The maximum atomic E-state index is 13.4. The predicted molar refractivity (Wildman–Crippen MR) is 167 cm³/mol. The lowest BCUT2D eigenvalue weighted by molar-refractivity contribution is -0.138. The summed E-state index contributed by atoms with van der Waals surface area (Å²) in [4.78, 5) is 51.2. The summed E-state index contributed by atoms with van der Waals surface area (Å²) in [6.45, 7) is 7.81. The smallest absolute Gasteiger partial charge is 0.410 e. The number of carboxylic acids is 1. The molecule has 0 saturated carbocycles. The number of fused-ring (bicyclic) bond motifs is 1. The number of carboxylic acid groups (broad SMARTS) is 1. The predicted octanol–water partition coefficient (Wildman–Crippen LogP) is 3.36. The zero-order chi connectivity index (χ0) is 32.6. The molecule has 45 heavy (non-hydrogen) atoms. The summed E-state index contributed by atoms with van der Waals surface area (Å²) in [5.74, 6) is -0.483. The van der Waals surface area contributed by atoms with Crippen LogP contribution in [-0.4, -0.2) is 124 Å². The van der Waals surface area contributed by atoms with E-state index in [0.29, 0.717) is 55.9 Å². The van der Waals surface area contributed by atoms with Gasteiger partial charge >= 0.3 is 12.1 Å². The second-order valence-corrected chi connectivity index (χ2v) is 12.3.